The van der Waals surface area contributed by atoms with Crippen LogP contribution in [-0.4, -0.2) is 12.6 Å². The highest BCUT2D eigenvalue weighted by atomic mass is 16.5. The van der Waals surface area contributed by atoms with Crippen LogP contribution in [0.2, 0.25) is 0 Å². The first-order valence-electron chi connectivity index (χ1n) is 7.46. The average Bonchev–Trinajstić information content (AvgIpc) is 2.54. The molecule has 0 amide bonds. The molecule has 2 nitrogen and oxygen atoms in total. The molecule has 2 heteroatoms. The topological polar surface area (TPSA) is 26.3 Å². The predicted molar refractivity (Wildman–Crippen MR) is 90.1 cm³/mol. The van der Waals surface area contributed by atoms with Gasteiger partial charge in [-0.05, 0) is 59.5 Å². The number of hydrogen-bond donors (Lipinski definition) is 0. The zero-order valence-electron chi connectivity index (χ0n) is 12.8. The number of ether oxygens (including phenoxy) is 1. The lowest BCUT2D eigenvalue weighted by Gasteiger charge is -2.09. The van der Waals surface area contributed by atoms with Crippen LogP contribution in [0.15, 0.2) is 60.7 Å². The van der Waals surface area contributed by atoms with Gasteiger partial charge in [-0.15, -0.1) is 0 Å². The molecule has 0 spiro atoms. The second kappa shape index (κ2) is 6.02. The van der Waals surface area contributed by atoms with Gasteiger partial charge in [-0.1, -0.05) is 42.5 Å². The minimum atomic E-state index is -0.274. The van der Waals surface area contributed by atoms with E-state index in [9.17, 15) is 4.79 Å². The van der Waals surface area contributed by atoms with Crippen molar-refractivity contribution in [3.05, 3.63) is 71.8 Å². The summed E-state index contributed by atoms with van der Waals surface area (Å²) in [7, 11) is 0. The largest absolute Gasteiger partial charge is 0.462 e. The van der Waals surface area contributed by atoms with Gasteiger partial charge in [-0.2, -0.15) is 0 Å². The van der Waals surface area contributed by atoms with E-state index >= 15 is 0 Å². The predicted octanol–water partition coefficient (Wildman–Crippen LogP) is 4.99. The zero-order valence-corrected chi connectivity index (χ0v) is 12.8. The van der Waals surface area contributed by atoms with Crippen LogP contribution in [0.3, 0.4) is 0 Å². The van der Waals surface area contributed by atoms with E-state index in [1.807, 2.05) is 37.3 Å². The van der Waals surface area contributed by atoms with Crippen LogP contribution in [0.25, 0.3) is 21.9 Å². The monoisotopic (exact) mass is 290 g/mol. The fraction of sp³-hybridized carbons (Fsp3) is 0.150. The van der Waals surface area contributed by atoms with Crippen molar-refractivity contribution >= 4 is 16.7 Å². The molecule has 3 rings (SSSR count). The van der Waals surface area contributed by atoms with Crippen LogP contribution in [0, 0.1) is 6.92 Å². The van der Waals surface area contributed by atoms with E-state index in [2.05, 4.69) is 37.3 Å². The summed E-state index contributed by atoms with van der Waals surface area (Å²) >= 11 is 0. The lowest BCUT2D eigenvalue weighted by atomic mass is 9.96. The number of fused-ring (bicyclic) bond motifs is 1. The SMILES string of the molecule is CCOC(=O)c1ccc(-c2cc3ccccc3cc2C)cc1. The number of benzene rings is 3. The molecule has 0 aliphatic rings. The quantitative estimate of drug-likeness (QED) is 0.635. The number of carbonyl (C=O) groups excluding carboxylic acids is 1. The Morgan fingerprint density at radius 2 is 1.59 bits per heavy atom. The van der Waals surface area contributed by atoms with Gasteiger partial charge in [0.15, 0.2) is 0 Å². The Kier molecular flexibility index (Phi) is 3.92. The minimum Gasteiger partial charge on any atom is -0.462 e. The van der Waals surface area contributed by atoms with E-state index in [0.29, 0.717) is 12.2 Å². The van der Waals surface area contributed by atoms with Crippen molar-refractivity contribution in [2.24, 2.45) is 0 Å². The second-order valence-electron chi connectivity index (χ2n) is 5.31. The standard InChI is InChI=1S/C20H18O2/c1-3-22-20(21)16-10-8-15(9-11-16)19-13-18-7-5-4-6-17(18)12-14(19)2/h4-13H,3H2,1-2H3. The van der Waals surface area contributed by atoms with Crippen molar-refractivity contribution < 1.29 is 9.53 Å². The molecule has 0 fully saturated rings. The van der Waals surface area contributed by atoms with Crippen LogP contribution in [-0.2, 0) is 4.74 Å². The molecule has 0 radical (unpaired) electrons. The summed E-state index contributed by atoms with van der Waals surface area (Å²) in [6.45, 7) is 4.32. The number of hydrogen-bond acceptors (Lipinski definition) is 2. The third kappa shape index (κ3) is 2.73. The van der Waals surface area contributed by atoms with Crippen molar-refractivity contribution in [1.82, 2.24) is 0 Å². The molecule has 3 aromatic rings. The summed E-state index contributed by atoms with van der Waals surface area (Å²) in [5.74, 6) is -0.274. The molecular weight excluding hydrogens is 272 g/mol. The number of esters is 1. The molecule has 0 saturated heterocycles. The Balaban J connectivity index is 2.00. The molecule has 3 aromatic carbocycles. The van der Waals surface area contributed by atoms with Crippen LogP contribution < -0.4 is 0 Å². The maximum absolute atomic E-state index is 11.7. The van der Waals surface area contributed by atoms with Crippen molar-refractivity contribution in [3.63, 3.8) is 0 Å². The van der Waals surface area contributed by atoms with E-state index in [0.717, 1.165) is 5.56 Å². The first-order valence-corrected chi connectivity index (χ1v) is 7.46. The highest BCUT2D eigenvalue weighted by Gasteiger charge is 2.08. The molecule has 0 aromatic heterocycles. The Morgan fingerprint density at radius 3 is 2.23 bits per heavy atom. The third-order valence-electron chi connectivity index (χ3n) is 3.80. The molecule has 0 saturated carbocycles. The lowest BCUT2D eigenvalue weighted by Crippen LogP contribution is -2.04. The normalized spacial score (nSPS) is 10.6. The number of aryl methyl sites for hydroxylation is 1. The smallest absolute Gasteiger partial charge is 0.338 e. The molecule has 0 bridgehead atoms. The molecule has 0 heterocycles. The van der Waals surface area contributed by atoms with Gasteiger partial charge in [0.25, 0.3) is 0 Å². The van der Waals surface area contributed by atoms with Crippen LogP contribution in [0.5, 0.6) is 0 Å². The van der Waals surface area contributed by atoms with Crippen LogP contribution in [0.1, 0.15) is 22.8 Å². The highest BCUT2D eigenvalue weighted by Crippen LogP contribution is 2.28. The molecule has 0 unspecified atom stereocenters. The van der Waals surface area contributed by atoms with Crippen molar-refractivity contribution in [1.29, 1.82) is 0 Å². The molecule has 0 atom stereocenters. The Hall–Kier alpha value is -2.61. The van der Waals surface area contributed by atoms with Gasteiger partial charge < -0.3 is 4.74 Å². The van der Waals surface area contributed by atoms with Gasteiger partial charge in [0, 0.05) is 0 Å². The van der Waals surface area contributed by atoms with Crippen molar-refractivity contribution in [2.75, 3.05) is 6.61 Å². The summed E-state index contributed by atoms with van der Waals surface area (Å²) in [6, 6.07) is 20.3. The Labute approximate surface area is 130 Å². The Bertz CT molecular complexity index is 817. The van der Waals surface area contributed by atoms with Crippen molar-refractivity contribution in [3.8, 4) is 11.1 Å². The van der Waals surface area contributed by atoms with Gasteiger partial charge in [0.1, 0.15) is 0 Å². The highest BCUT2D eigenvalue weighted by molar-refractivity contribution is 5.91. The average molecular weight is 290 g/mol. The van der Waals surface area contributed by atoms with Crippen LogP contribution >= 0.6 is 0 Å². The number of rotatable bonds is 3. The van der Waals surface area contributed by atoms with Crippen LogP contribution in [0.4, 0.5) is 0 Å². The fourth-order valence-electron chi connectivity index (χ4n) is 2.67. The molecule has 0 aliphatic heterocycles. The third-order valence-corrected chi connectivity index (χ3v) is 3.80. The first kappa shape index (κ1) is 14.3. The summed E-state index contributed by atoms with van der Waals surface area (Å²) in [6.07, 6.45) is 0. The van der Waals surface area contributed by atoms with Gasteiger partial charge in [-0.25, -0.2) is 4.79 Å². The minimum absolute atomic E-state index is 0.274. The van der Waals surface area contributed by atoms with Crippen molar-refractivity contribution in [2.45, 2.75) is 13.8 Å². The maximum atomic E-state index is 11.7. The van der Waals surface area contributed by atoms with Gasteiger partial charge >= 0.3 is 5.97 Å². The second-order valence-corrected chi connectivity index (χ2v) is 5.31. The fourth-order valence-corrected chi connectivity index (χ4v) is 2.67. The Morgan fingerprint density at radius 1 is 0.955 bits per heavy atom. The molecule has 0 aliphatic carbocycles. The summed E-state index contributed by atoms with van der Waals surface area (Å²) in [5, 5.41) is 2.46. The van der Waals surface area contributed by atoms with E-state index in [-0.39, 0.29) is 5.97 Å². The first-order chi connectivity index (χ1) is 10.7. The summed E-state index contributed by atoms with van der Waals surface area (Å²) in [4.78, 5) is 11.7. The lowest BCUT2D eigenvalue weighted by molar-refractivity contribution is 0.0526. The van der Waals surface area contributed by atoms with Gasteiger partial charge in [-0.3, -0.25) is 0 Å². The molecule has 0 N–H and O–H groups in total. The molecular formula is C20H18O2. The maximum Gasteiger partial charge on any atom is 0.338 e. The van der Waals surface area contributed by atoms with E-state index < -0.39 is 0 Å². The molecule has 22 heavy (non-hydrogen) atoms. The molecule has 110 valence electrons. The number of carbonyl (C=O) groups is 1. The van der Waals surface area contributed by atoms with Gasteiger partial charge in [0.05, 0.1) is 12.2 Å². The zero-order chi connectivity index (χ0) is 15.5. The van der Waals surface area contributed by atoms with E-state index in [1.54, 1.807) is 0 Å². The van der Waals surface area contributed by atoms with E-state index in [1.165, 1.54) is 21.9 Å². The summed E-state index contributed by atoms with van der Waals surface area (Å²) in [5.41, 5.74) is 4.11. The van der Waals surface area contributed by atoms with E-state index in [4.69, 9.17) is 4.74 Å². The van der Waals surface area contributed by atoms with Gasteiger partial charge in [0.2, 0.25) is 0 Å². The summed E-state index contributed by atoms with van der Waals surface area (Å²) < 4.78 is 5.02.